The van der Waals surface area contributed by atoms with Crippen molar-refractivity contribution in [2.24, 2.45) is 11.8 Å². The number of Topliss-reactive ketones (excluding diaryl/α,β-unsaturated/α-hetero) is 1. The molecule has 1 aromatic rings. The molecular formula is C20H30INO2. The summed E-state index contributed by atoms with van der Waals surface area (Å²) in [5.74, 6) is 0.540. The van der Waals surface area contributed by atoms with Crippen LogP contribution in [0.1, 0.15) is 44.1 Å². The van der Waals surface area contributed by atoms with E-state index in [4.69, 9.17) is 0 Å². The van der Waals surface area contributed by atoms with Crippen LogP contribution >= 0.6 is 0 Å². The number of carbonyl (C=O) groups excluding carboxylic acids is 1. The predicted molar refractivity (Wildman–Crippen MR) is 91.9 cm³/mol. The van der Waals surface area contributed by atoms with Gasteiger partial charge in [-0.2, -0.15) is 0 Å². The highest BCUT2D eigenvalue weighted by molar-refractivity contribution is 5.89. The average molecular weight is 443 g/mol. The van der Waals surface area contributed by atoms with Gasteiger partial charge in [0, 0.05) is 18.8 Å². The Kier molecular flexibility index (Phi) is 6.48. The number of rotatable bonds is 5. The summed E-state index contributed by atoms with van der Waals surface area (Å²) in [5.41, 5.74) is -0.485. The van der Waals surface area contributed by atoms with E-state index in [-0.39, 0.29) is 35.7 Å². The Morgan fingerprint density at radius 2 is 1.79 bits per heavy atom. The summed E-state index contributed by atoms with van der Waals surface area (Å²) >= 11 is 0. The van der Waals surface area contributed by atoms with E-state index in [1.165, 1.54) is 0 Å². The van der Waals surface area contributed by atoms with Crippen molar-refractivity contribution in [3.63, 3.8) is 0 Å². The maximum absolute atomic E-state index is 13.2. The molecule has 0 bridgehead atoms. The van der Waals surface area contributed by atoms with Gasteiger partial charge in [-0.1, -0.05) is 43.2 Å². The zero-order valence-electron chi connectivity index (χ0n) is 14.9. The number of likely N-dealkylation sites (tertiary alicyclic amines) is 1. The first-order valence-electron chi connectivity index (χ1n) is 9.05. The van der Waals surface area contributed by atoms with E-state index < -0.39 is 5.60 Å². The summed E-state index contributed by atoms with van der Waals surface area (Å²) in [6.45, 7) is 2.17. The van der Waals surface area contributed by atoms with Gasteiger partial charge in [-0.3, -0.25) is 4.79 Å². The number of quaternary nitrogens is 1. The molecule has 2 fully saturated rings. The fourth-order valence-electron chi connectivity index (χ4n) is 4.66. The molecule has 0 spiro atoms. The smallest absolute Gasteiger partial charge is 0.169 e. The lowest BCUT2D eigenvalue weighted by Crippen LogP contribution is -3.00. The normalized spacial score (nSPS) is 25.9. The molecule has 1 N–H and O–H groups in total. The van der Waals surface area contributed by atoms with E-state index in [0.717, 1.165) is 55.2 Å². The second-order valence-corrected chi connectivity index (χ2v) is 8.24. The Morgan fingerprint density at radius 1 is 1.17 bits per heavy atom. The van der Waals surface area contributed by atoms with Crippen LogP contribution in [0.5, 0.6) is 0 Å². The molecule has 2 aliphatic rings. The number of hydrogen-bond acceptors (Lipinski definition) is 2. The van der Waals surface area contributed by atoms with Gasteiger partial charge in [0.2, 0.25) is 0 Å². The SMILES string of the molecule is C[N+]1(C)CC[C@@H](CC(=O)[C@](O)(c2ccccc2)C2CCCC2)C1.[I-]. The van der Waals surface area contributed by atoms with Crippen LogP contribution in [0.15, 0.2) is 30.3 Å². The van der Waals surface area contributed by atoms with Crippen LogP contribution in [0.25, 0.3) is 0 Å². The predicted octanol–water partition coefficient (Wildman–Crippen LogP) is 0.124. The number of hydrogen-bond donors (Lipinski definition) is 1. The number of aliphatic hydroxyl groups is 1. The summed E-state index contributed by atoms with van der Waals surface area (Å²) in [6, 6.07) is 9.64. The van der Waals surface area contributed by atoms with Crippen LogP contribution in [0.2, 0.25) is 0 Å². The maximum atomic E-state index is 13.2. The fourth-order valence-corrected chi connectivity index (χ4v) is 4.66. The van der Waals surface area contributed by atoms with Gasteiger partial charge in [0.25, 0.3) is 0 Å². The summed E-state index contributed by atoms with van der Waals surface area (Å²) in [5, 5.41) is 11.5. The Balaban J connectivity index is 0.00000208. The van der Waals surface area contributed by atoms with Crippen molar-refractivity contribution in [1.29, 1.82) is 0 Å². The second kappa shape index (κ2) is 7.83. The minimum atomic E-state index is -1.28. The monoisotopic (exact) mass is 443 g/mol. The zero-order chi connectivity index (χ0) is 16.5. The van der Waals surface area contributed by atoms with Crippen LogP contribution in [-0.4, -0.2) is 42.6 Å². The minimum Gasteiger partial charge on any atom is -1.00 e. The van der Waals surface area contributed by atoms with Crippen molar-refractivity contribution in [3.05, 3.63) is 35.9 Å². The molecule has 1 saturated carbocycles. The molecule has 3 rings (SSSR count). The highest BCUT2D eigenvalue weighted by Crippen LogP contribution is 2.42. The van der Waals surface area contributed by atoms with Crippen LogP contribution in [0.3, 0.4) is 0 Å². The second-order valence-electron chi connectivity index (χ2n) is 8.24. The van der Waals surface area contributed by atoms with Gasteiger partial charge < -0.3 is 33.6 Å². The van der Waals surface area contributed by atoms with Crippen molar-refractivity contribution < 1.29 is 38.4 Å². The highest BCUT2D eigenvalue weighted by Gasteiger charge is 2.47. The Labute approximate surface area is 163 Å². The third-order valence-electron chi connectivity index (χ3n) is 5.95. The molecule has 0 unspecified atom stereocenters. The van der Waals surface area contributed by atoms with E-state index in [1.54, 1.807) is 0 Å². The van der Waals surface area contributed by atoms with Crippen molar-refractivity contribution in [3.8, 4) is 0 Å². The number of halogens is 1. The molecule has 1 heterocycles. The minimum absolute atomic E-state index is 0. The zero-order valence-corrected chi connectivity index (χ0v) is 17.0. The van der Waals surface area contributed by atoms with E-state index in [2.05, 4.69) is 14.1 Å². The van der Waals surface area contributed by atoms with E-state index in [9.17, 15) is 9.90 Å². The Bertz CT molecular complexity index is 554. The molecule has 0 aromatic heterocycles. The van der Waals surface area contributed by atoms with E-state index >= 15 is 0 Å². The lowest BCUT2D eigenvalue weighted by molar-refractivity contribution is -0.879. The van der Waals surface area contributed by atoms with Gasteiger partial charge in [0.05, 0.1) is 27.2 Å². The molecule has 1 saturated heterocycles. The lowest BCUT2D eigenvalue weighted by atomic mass is 9.75. The van der Waals surface area contributed by atoms with Crippen molar-refractivity contribution >= 4 is 5.78 Å². The molecule has 2 atom stereocenters. The first-order chi connectivity index (χ1) is 10.9. The highest BCUT2D eigenvalue weighted by atomic mass is 127. The molecular weight excluding hydrogens is 413 g/mol. The number of ketones is 1. The van der Waals surface area contributed by atoms with E-state index in [0.29, 0.717) is 12.3 Å². The Hall–Kier alpha value is -0.460. The quantitative estimate of drug-likeness (QED) is 0.519. The van der Waals surface area contributed by atoms with Gasteiger partial charge in [0.1, 0.15) is 0 Å². The lowest BCUT2D eigenvalue weighted by Gasteiger charge is -2.34. The molecule has 4 heteroatoms. The van der Waals surface area contributed by atoms with Crippen molar-refractivity contribution in [2.45, 2.75) is 44.1 Å². The molecule has 3 nitrogen and oxygen atoms in total. The van der Waals surface area contributed by atoms with Gasteiger partial charge in [-0.15, -0.1) is 0 Å². The third kappa shape index (κ3) is 4.02. The Morgan fingerprint density at radius 3 is 2.33 bits per heavy atom. The van der Waals surface area contributed by atoms with Gasteiger partial charge in [-0.25, -0.2) is 0 Å². The molecule has 134 valence electrons. The van der Waals surface area contributed by atoms with Gasteiger partial charge in [0.15, 0.2) is 11.4 Å². The third-order valence-corrected chi connectivity index (χ3v) is 5.95. The fraction of sp³-hybridized carbons (Fsp3) is 0.650. The topological polar surface area (TPSA) is 37.3 Å². The van der Waals surface area contributed by atoms with Gasteiger partial charge in [-0.05, 0) is 24.3 Å². The summed E-state index contributed by atoms with van der Waals surface area (Å²) in [7, 11) is 4.45. The number of nitrogens with zero attached hydrogens (tertiary/aromatic N) is 1. The number of carbonyl (C=O) groups is 1. The molecule has 24 heavy (non-hydrogen) atoms. The van der Waals surface area contributed by atoms with Crippen LogP contribution < -0.4 is 24.0 Å². The summed E-state index contributed by atoms with van der Waals surface area (Å²) < 4.78 is 0.991. The summed E-state index contributed by atoms with van der Waals surface area (Å²) in [4.78, 5) is 13.2. The maximum Gasteiger partial charge on any atom is 0.169 e. The largest absolute Gasteiger partial charge is 1.00 e. The molecule has 0 radical (unpaired) electrons. The van der Waals surface area contributed by atoms with Gasteiger partial charge >= 0.3 is 0 Å². The van der Waals surface area contributed by atoms with Crippen LogP contribution in [0.4, 0.5) is 0 Å². The molecule has 1 aliphatic heterocycles. The standard InChI is InChI=1S/C20H30NO2.HI/c1-21(2)13-12-16(15-21)14-19(22)20(23,18-10-6-7-11-18)17-8-4-3-5-9-17;/h3-5,8-9,16,18,23H,6-7,10-15H2,1-2H3;1H/q+1;/p-1/t16-,20-;/m0./s1. The summed E-state index contributed by atoms with van der Waals surface area (Å²) in [6.07, 6.45) is 5.78. The average Bonchev–Trinajstić information content (AvgIpc) is 3.17. The number of benzene rings is 1. The first kappa shape index (κ1) is 19.9. The van der Waals surface area contributed by atoms with Crippen LogP contribution in [0, 0.1) is 11.8 Å². The van der Waals surface area contributed by atoms with Crippen molar-refractivity contribution in [1.82, 2.24) is 0 Å². The molecule has 0 amide bonds. The first-order valence-corrected chi connectivity index (χ1v) is 9.05. The van der Waals surface area contributed by atoms with Crippen molar-refractivity contribution in [2.75, 3.05) is 27.2 Å². The van der Waals surface area contributed by atoms with E-state index in [1.807, 2.05) is 30.3 Å². The van der Waals surface area contributed by atoms with Crippen LogP contribution in [-0.2, 0) is 10.4 Å². The molecule has 1 aromatic carbocycles. The molecule has 1 aliphatic carbocycles.